The fourth-order valence-electron chi connectivity index (χ4n) is 4.92. The number of primary amides is 1. The minimum Gasteiger partial charge on any atom is -0.493 e. The third-order valence-corrected chi connectivity index (χ3v) is 7.13. The van der Waals surface area contributed by atoms with E-state index in [9.17, 15) is 19.5 Å². The number of carbonyl (C=O) groups is 3. The molecule has 4 rings (SSSR count). The van der Waals surface area contributed by atoms with Crippen LogP contribution in [0.25, 0.3) is 22.3 Å². The molecule has 4 aromatic rings. The van der Waals surface area contributed by atoms with Gasteiger partial charge < -0.3 is 30.0 Å². The van der Waals surface area contributed by atoms with E-state index >= 15 is 0 Å². The van der Waals surface area contributed by atoms with Crippen LogP contribution in [0.1, 0.15) is 28.8 Å². The number of rotatable bonds is 13. The number of carbonyl (C=O) groups excluding carboxylic acids is 2. The van der Waals surface area contributed by atoms with Gasteiger partial charge in [0.1, 0.15) is 6.04 Å². The Hall–Kier alpha value is -5.31. The molecule has 0 saturated heterocycles. The van der Waals surface area contributed by atoms with Gasteiger partial charge in [-0.3, -0.25) is 14.4 Å². The van der Waals surface area contributed by atoms with Crippen LogP contribution in [0.3, 0.4) is 0 Å². The average molecular weight is 583 g/mol. The number of hydrogen-bond donors (Lipinski definition) is 2. The number of benzene rings is 4. The van der Waals surface area contributed by atoms with Gasteiger partial charge in [0.05, 0.1) is 21.3 Å². The summed E-state index contributed by atoms with van der Waals surface area (Å²) in [6, 6.07) is 27.4. The summed E-state index contributed by atoms with van der Waals surface area (Å²) in [5.41, 5.74) is 10.7. The number of ether oxygens (including phenoxy) is 3. The SMILES string of the molecule is COc1cc(CN(C(=O)c2ccc(-c3ccc(-c4ccccc4)cc3)cc2)[C@@H](CCC(=O)O)C(N)=O)cc(OC)c1OC. The van der Waals surface area contributed by atoms with Crippen molar-refractivity contribution in [3.8, 4) is 39.5 Å². The van der Waals surface area contributed by atoms with Crippen molar-refractivity contribution in [3.05, 3.63) is 102 Å². The molecular weight excluding hydrogens is 548 g/mol. The molecule has 0 spiro atoms. The molecule has 9 heteroatoms. The van der Waals surface area contributed by atoms with Gasteiger partial charge in [0.25, 0.3) is 5.91 Å². The van der Waals surface area contributed by atoms with Gasteiger partial charge in [-0.1, -0.05) is 66.7 Å². The van der Waals surface area contributed by atoms with Gasteiger partial charge in [-0.05, 0) is 58.5 Å². The lowest BCUT2D eigenvalue weighted by molar-refractivity contribution is -0.137. The van der Waals surface area contributed by atoms with Gasteiger partial charge in [-0.2, -0.15) is 0 Å². The molecule has 9 nitrogen and oxygen atoms in total. The molecule has 0 heterocycles. The van der Waals surface area contributed by atoms with Crippen LogP contribution in [-0.4, -0.2) is 55.2 Å². The number of carboxylic acid groups (broad SMARTS) is 1. The molecule has 0 unspecified atom stereocenters. The largest absolute Gasteiger partial charge is 0.493 e. The summed E-state index contributed by atoms with van der Waals surface area (Å²) >= 11 is 0. The van der Waals surface area contributed by atoms with E-state index in [0.717, 1.165) is 22.3 Å². The molecule has 0 aromatic heterocycles. The maximum absolute atomic E-state index is 13.9. The Labute approximate surface area is 250 Å². The fourth-order valence-corrected chi connectivity index (χ4v) is 4.92. The van der Waals surface area contributed by atoms with Crippen molar-refractivity contribution >= 4 is 17.8 Å². The van der Waals surface area contributed by atoms with Crippen molar-refractivity contribution in [1.82, 2.24) is 4.90 Å². The second kappa shape index (κ2) is 14.0. The molecular formula is C34H34N2O7. The Kier molecular flexibility index (Phi) is 10.0. The van der Waals surface area contributed by atoms with Crippen LogP contribution in [-0.2, 0) is 16.1 Å². The first-order valence-corrected chi connectivity index (χ1v) is 13.6. The van der Waals surface area contributed by atoms with Crippen LogP contribution in [0.4, 0.5) is 0 Å². The minimum absolute atomic E-state index is 0.0640. The Bertz CT molecular complexity index is 1540. The number of carboxylic acids is 1. The van der Waals surface area contributed by atoms with Gasteiger partial charge in [-0.25, -0.2) is 0 Å². The van der Waals surface area contributed by atoms with Crippen LogP contribution in [0, 0.1) is 0 Å². The van der Waals surface area contributed by atoms with Crippen LogP contribution in [0.5, 0.6) is 17.2 Å². The zero-order valence-corrected chi connectivity index (χ0v) is 24.3. The number of hydrogen-bond acceptors (Lipinski definition) is 6. The van der Waals surface area contributed by atoms with Crippen molar-refractivity contribution in [3.63, 3.8) is 0 Å². The van der Waals surface area contributed by atoms with Crippen LogP contribution in [0.15, 0.2) is 91.0 Å². The number of methoxy groups -OCH3 is 3. The number of aliphatic carboxylic acids is 1. The summed E-state index contributed by atoms with van der Waals surface area (Å²) in [5, 5.41) is 9.28. The summed E-state index contributed by atoms with van der Waals surface area (Å²) < 4.78 is 16.3. The highest BCUT2D eigenvalue weighted by molar-refractivity contribution is 5.98. The van der Waals surface area contributed by atoms with E-state index in [1.807, 2.05) is 54.6 Å². The summed E-state index contributed by atoms with van der Waals surface area (Å²) in [6.07, 6.45) is -0.489. The Morgan fingerprint density at radius 2 is 1.23 bits per heavy atom. The van der Waals surface area contributed by atoms with Crippen LogP contribution in [0.2, 0.25) is 0 Å². The monoisotopic (exact) mass is 582 g/mol. The van der Waals surface area contributed by atoms with E-state index in [1.165, 1.54) is 26.2 Å². The number of nitrogens with two attached hydrogens (primary N) is 1. The third kappa shape index (κ3) is 7.32. The highest BCUT2D eigenvalue weighted by atomic mass is 16.5. The predicted molar refractivity (Wildman–Crippen MR) is 163 cm³/mol. The molecule has 4 aromatic carbocycles. The van der Waals surface area contributed by atoms with E-state index in [4.69, 9.17) is 19.9 Å². The number of nitrogens with zero attached hydrogens (tertiary/aromatic N) is 1. The van der Waals surface area contributed by atoms with Crippen LogP contribution < -0.4 is 19.9 Å². The molecule has 0 aliphatic carbocycles. The average Bonchev–Trinajstić information content (AvgIpc) is 3.03. The van der Waals surface area contributed by atoms with Crippen molar-refractivity contribution < 1.29 is 33.7 Å². The minimum atomic E-state index is -1.17. The van der Waals surface area contributed by atoms with Gasteiger partial charge in [0.15, 0.2) is 11.5 Å². The lowest BCUT2D eigenvalue weighted by Crippen LogP contribution is -2.47. The van der Waals surface area contributed by atoms with E-state index in [0.29, 0.717) is 28.4 Å². The molecule has 222 valence electrons. The molecule has 3 N–H and O–H groups in total. The van der Waals surface area contributed by atoms with Crippen molar-refractivity contribution in [2.45, 2.75) is 25.4 Å². The summed E-state index contributed by atoms with van der Waals surface area (Å²) in [6.45, 7) is -0.0640. The maximum Gasteiger partial charge on any atom is 0.303 e. The predicted octanol–water partition coefficient (Wildman–Crippen LogP) is 5.41. The fraction of sp³-hybridized carbons (Fsp3) is 0.206. The van der Waals surface area contributed by atoms with E-state index < -0.39 is 23.8 Å². The second-order valence-corrected chi connectivity index (χ2v) is 9.84. The second-order valence-electron chi connectivity index (χ2n) is 9.84. The zero-order chi connectivity index (χ0) is 30.9. The van der Waals surface area contributed by atoms with E-state index in [1.54, 1.807) is 24.3 Å². The lowest BCUT2D eigenvalue weighted by atomic mass is 9.99. The number of amides is 2. The quantitative estimate of drug-likeness (QED) is 0.216. The molecule has 0 aliphatic heterocycles. The van der Waals surface area contributed by atoms with Gasteiger partial charge in [-0.15, -0.1) is 0 Å². The van der Waals surface area contributed by atoms with Crippen molar-refractivity contribution in [2.24, 2.45) is 5.73 Å². The Balaban J connectivity index is 1.65. The van der Waals surface area contributed by atoms with Gasteiger partial charge >= 0.3 is 5.97 Å². The summed E-state index contributed by atoms with van der Waals surface area (Å²) in [7, 11) is 4.42. The van der Waals surface area contributed by atoms with Crippen LogP contribution >= 0.6 is 0 Å². The summed E-state index contributed by atoms with van der Waals surface area (Å²) in [4.78, 5) is 39.1. The molecule has 1 atom stereocenters. The van der Waals surface area contributed by atoms with Crippen molar-refractivity contribution in [2.75, 3.05) is 21.3 Å². The third-order valence-electron chi connectivity index (χ3n) is 7.13. The first kappa shape index (κ1) is 30.6. The smallest absolute Gasteiger partial charge is 0.303 e. The Morgan fingerprint density at radius 3 is 1.67 bits per heavy atom. The van der Waals surface area contributed by atoms with Gasteiger partial charge in [0, 0.05) is 18.5 Å². The molecule has 43 heavy (non-hydrogen) atoms. The van der Waals surface area contributed by atoms with Crippen molar-refractivity contribution in [1.29, 1.82) is 0 Å². The molecule has 2 amide bonds. The summed E-state index contributed by atoms with van der Waals surface area (Å²) in [5.74, 6) is -1.28. The molecule has 0 radical (unpaired) electrons. The molecule has 0 fully saturated rings. The highest BCUT2D eigenvalue weighted by Gasteiger charge is 2.30. The first-order valence-electron chi connectivity index (χ1n) is 13.6. The van der Waals surface area contributed by atoms with Gasteiger partial charge in [0.2, 0.25) is 11.7 Å². The van der Waals surface area contributed by atoms with E-state index in [-0.39, 0.29) is 19.4 Å². The highest BCUT2D eigenvalue weighted by Crippen LogP contribution is 2.39. The molecule has 0 saturated carbocycles. The standard InChI is InChI=1S/C34H34N2O7/c1-41-29-19-22(20-30(42-2)32(29)43-3)21-36(28(33(35)39)17-18-31(37)38)34(40)27-15-13-26(14-16-27)25-11-9-24(10-12-25)23-7-5-4-6-8-23/h4-16,19-20,28H,17-18,21H2,1-3H3,(H2,35,39)(H,37,38)/t28-/m0/s1. The maximum atomic E-state index is 13.9. The van der Waals surface area contributed by atoms with E-state index in [2.05, 4.69) is 12.1 Å². The lowest BCUT2D eigenvalue weighted by Gasteiger charge is -2.30. The normalized spacial score (nSPS) is 11.3. The molecule has 0 aliphatic rings. The first-order chi connectivity index (χ1) is 20.7. The molecule has 0 bridgehead atoms. The zero-order valence-electron chi connectivity index (χ0n) is 24.3. The Morgan fingerprint density at radius 1 is 0.744 bits per heavy atom. The topological polar surface area (TPSA) is 128 Å².